The lowest BCUT2D eigenvalue weighted by molar-refractivity contribution is -0.139. The summed E-state index contributed by atoms with van der Waals surface area (Å²) in [6.45, 7) is 2.97. The Morgan fingerprint density at radius 2 is 2.00 bits per heavy atom. The first-order valence-electron chi connectivity index (χ1n) is 11.5. The molecule has 0 spiro atoms. The molecule has 0 unspecified atom stereocenters. The van der Waals surface area contributed by atoms with Crippen molar-refractivity contribution < 1.29 is 18.0 Å². The molecule has 1 saturated heterocycles. The number of piperidine rings is 1. The second-order valence-electron chi connectivity index (χ2n) is 8.72. The van der Waals surface area contributed by atoms with Gasteiger partial charge in [0.1, 0.15) is 11.6 Å². The number of carbonyl (C=O) groups is 1. The Morgan fingerprint density at radius 1 is 1.24 bits per heavy atom. The van der Waals surface area contributed by atoms with Crippen molar-refractivity contribution >= 4 is 33.8 Å². The summed E-state index contributed by atoms with van der Waals surface area (Å²) in [6, 6.07) is 7.44. The SMILES string of the molecule is CCCC(=O)NCc1nnc(-c2cc3c(NC4CCN(C)CC4)cccc3n2CC(F)(F)F)s1. The first kappa shape index (κ1) is 24.5. The van der Waals surface area contributed by atoms with Crippen LogP contribution in [0, 0.1) is 0 Å². The average molecular weight is 495 g/mol. The second kappa shape index (κ2) is 10.3. The third-order valence-electron chi connectivity index (χ3n) is 5.96. The zero-order valence-corrected chi connectivity index (χ0v) is 20.1. The summed E-state index contributed by atoms with van der Waals surface area (Å²) in [7, 11) is 2.09. The molecule has 184 valence electrons. The Balaban J connectivity index is 1.65. The maximum Gasteiger partial charge on any atom is 0.406 e. The average Bonchev–Trinajstić information content (AvgIpc) is 3.39. The van der Waals surface area contributed by atoms with Crippen molar-refractivity contribution in [2.75, 3.05) is 25.5 Å². The van der Waals surface area contributed by atoms with E-state index in [0.717, 1.165) is 43.4 Å². The van der Waals surface area contributed by atoms with E-state index in [1.54, 1.807) is 18.2 Å². The minimum absolute atomic E-state index is 0.0879. The molecule has 1 aliphatic heterocycles. The van der Waals surface area contributed by atoms with Crippen molar-refractivity contribution in [1.29, 1.82) is 0 Å². The molecule has 0 bridgehead atoms. The van der Waals surface area contributed by atoms with Gasteiger partial charge in [0.15, 0.2) is 5.01 Å². The van der Waals surface area contributed by atoms with Crippen LogP contribution in [0.2, 0.25) is 0 Å². The number of nitrogens with zero attached hydrogens (tertiary/aromatic N) is 4. The van der Waals surface area contributed by atoms with Crippen molar-refractivity contribution in [3.05, 3.63) is 29.3 Å². The van der Waals surface area contributed by atoms with Gasteiger partial charge in [0.2, 0.25) is 5.91 Å². The first-order chi connectivity index (χ1) is 16.2. The standard InChI is InChI=1S/C23H29F3N6OS/c1-3-5-20(33)27-13-21-29-30-22(34-21)19-12-16-17(28-15-8-10-31(2)11-9-15)6-4-7-18(16)32(19)14-23(24,25)26/h4,6-7,12,15,28H,3,5,8-11,13-14H2,1-2H3,(H,27,33). The predicted octanol–water partition coefficient (Wildman–Crippen LogP) is 4.64. The van der Waals surface area contributed by atoms with Gasteiger partial charge in [-0.15, -0.1) is 10.2 Å². The number of likely N-dealkylation sites (tertiary alicyclic amines) is 1. The number of hydrogen-bond acceptors (Lipinski definition) is 6. The maximum atomic E-state index is 13.5. The monoisotopic (exact) mass is 494 g/mol. The zero-order valence-electron chi connectivity index (χ0n) is 19.3. The highest BCUT2D eigenvalue weighted by Crippen LogP contribution is 2.36. The molecular weight excluding hydrogens is 465 g/mol. The lowest BCUT2D eigenvalue weighted by Crippen LogP contribution is -2.36. The molecule has 11 heteroatoms. The van der Waals surface area contributed by atoms with Crippen LogP contribution < -0.4 is 10.6 Å². The largest absolute Gasteiger partial charge is 0.406 e. The number of fused-ring (bicyclic) bond motifs is 1. The smallest absolute Gasteiger partial charge is 0.382 e. The first-order valence-corrected chi connectivity index (χ1v) is 12.3. The number of rotatable bonds is 8. The molecule has 0 saturated carbocycles. The van der Waals surface area contributed by atoms with E-state index in [1.807, 2.05) is 13.0 Å². The van der Waals surface area contributed by atoms with E-state index >= 15 is 0 Å². The Bertz CT molecular complexity index is 1130. The summed E-state index contributed by atoms with van der Waals surface area (Å²) >= 11 is 1.19. The van der Waals surface area contributed by atoms with E-state index < -0.39 is 12.7 Å². The van der Waals surface area contributed by atoms with Crippen molar-refractivity contribution in [3.63, 3.8) is 0 Å². The Labute approximate surface area is 200 Å². The van der Waals surface area contributed by atoms with E-state index in [-0.39, 0.29) is 18.5 Å². The number of aromatic nitrogens is 3. The molecule has 1 aliphatic rings. The third kappa shape index (κ3) is 5.87. The van der Waals surface area contributed by atoms with Crippen LogP contribution in [0.4, 0.5) is 18.9 Å². The highest BCUT2D eigenvalue weighted by atomic mass is 32.1. The van der Waals surface area contributed by atoms with Gasteiger partial charge in [-0.25, -0.2) is 0 Å². The number of anilines is 1. The van der Waals surface area contributed by atoms with Crippen LogP contribution in [0.1, 0.15) is 37.6 Å². The summed E-state index contributed by atoms with van der Waals surface area (Å²) in [5, 5.41) is 16.2. The minimum atomic E-state index is -4.39. The Morgan fingerprint density at radius 3 is 2.71 bits per heavy atom. The highest BCUT2D eigenvalue weighted by Gasteiger charge is 2.31. The number of halogens is 3. The highest BCUT2D eigenvalue weighted by molar-refractivity contribution is 7.14. The summed E-state index contributed by atoms with van der Waals surface area (Å²) < 4.78 is 41.8. The molecule has 7 nitrogen and oxygen atoms in total. The molecule has 4 rings (SSSR count). The molecule has 2 N–H and O–H groups in total. The van der Waals surface area contributed by atoms with Gasteiger partial charge in [-0.2, -0.15) is 13.2 Å². The fraction of sp³-hybridized carbons (Fsp3) is 0.522. The normalized spacial score (nSPS) is 15.7. The van der Waals surface area contributed by atoms with E-state index in [1.165, 1.54) is 15.9 Å². The van der Waals surface area contributed by atoms with Gasteiger partial charge in [-0.05, 0) is 57.6 Å². The summed E-state index contributed by atoms with van der Waals surface area (Å²) in [5.41, 5.74) is 1.69. The van der Waals surface area contributed by atoms with Crippen molar-refractivity contribution in [3.8, 4) is 10.7 Å². The number of nitrogens with one attached hydrogen (secondary N) is 2. The fourth-order valence-electron chi connectivity index (χ4n) is 4.23. The topological polar surface area (TPSA) is 75.1 Å². The molecule has 2 aromatic heterocycles. The van der Waals surface area contributed by atoms with Gasteiger partial charge in [-0.1, -0.05) is 24.3 Å². The predicted molar refractivity (Wildman–Crippen MR) is 128 cm³/mol. The van der Waals surface area contributed by atoms with Crippen LogP contribution in [0.25, 0.3) is 21.6 Å². The Kier molecular flexibility index (Phi) is 7.42. The molecule has 1 amide bonds. The van der Waals surface area contributed by atoms with E-state index in [0.29, 0.717) is 27.6 Å². The lowest BCUT2D eigenvalue weighted by atomic mass is 10.0. The van der Waals surface area contributed by atoms with E-state index in [2.05, 4.69) is 32.8 Å². The van der Waals surface area contributed by atoms with Crippen molar-refractivity contribution in [2.45, 2.75) is 57.9 Å². The van der Waals surface area contributed by atoms with Crippen LogP contribution in [0.3, 0.4) is 0 Å². The van der Waals surface area contributed by atoms with Gasteiger partial charge in [0.05, 0.1) is 17.8 Å². The van der Waals surface area contributed by atoms with E-state index in [4.69, 9.17) is 0 Å². The molecule has 0 atom stereocenters. The number of hydrogen-bond donors (Lipinski definition) is 2. The maximum absolute atomic E-state index is 13.5. The van der Waals surface area contributed by atoms with E-state index in [9.17, 15) is 18.0 Å². The second-order valence-corrected chi connectivity index (χ2v) is 9.78. The van der Waals surface area contributed by atoms with Crippen molar-refractivity contribution in [2.24, 2.45) is 0 Å². The van der Waals surface area contributed by atoms with Gasteiger partial charge < -0.3 is 20.1 Å². The van der Waals surface area contributed by atoms with Gasteiger partial charge in [0, 0.05) is 23.5 Å². The van der Waals surface area contributed by atoms with Gasteiger partial charge >= 0.3 is 6.18 Å². The summed E-state index contributed by atoms with van der Waals surface area (Å²) in [5.74, 6) is -0.0879. The number of carbonyl (C=O) groups excluding carboxylic acids is 1. The lowest BCUT2D eigenvalue weighted by Gasteiger charge is -2.30. The molecule has 3 heterocycles. The van der Waals surface area contributed by atoms with Crippen LogP contribution in [0.15, 0.2) is 24.3 Å². The molecule has 0 aliphatic carbocycles. The third-order valence-corrected chi connectivity index (χ3v) is 6.91. The fourth-order valence-corrected chi connectivity index (χ4v) is 5.03. The number of amides is 1. The van der Waals surface area contributed by atoms with Gasteiger partial charge in [0.25, 0.3) is 0 Å². The number of benzene rings is 1. The van der Waals surface area contributed by atoms with Crippen LogP contribution in [0.5, 0.6) is 0 Å². The quantitative estimate of drug-likeness (QED) is 0.477. The molecular formula is C23H29F3N6OS. The van der Waals surface area contributed by atoms with Crippen LogP contribution in [-0.2, 0) is 17.9 Å². The molecule has 1 aromatic carbocycles. The van der Waals surface area contributed by atoms with Crippen LogP contribution in [-0.4, -0.2) is 57.9 Å². The molecule has 3 aromatic rings. The van der Waals surface area contributed by atoms with Crippen LogP contribution >= 0.6 is 11.3 Å². The summed E-state index contributed by atoms with van der Waals surface area (Å²) in [4.78, 5) is 14.0. The van der Waals surface area contributed by atoms with Gasteiger partial charge in [-0.3, -0.25) is 4.79 Å². The molecule has 1 fully saturated rings. The molecule has 34 heavy (non-hydrogen) atoms. The summed E-state index contributed by atoms with van der Waals surface area (Å²) in [6.07, 6.45) is -1.28. The Hall–Kier alpha value is -2.66. The zero-order chi connectivity index (χ0) is 24.3. The number of alkyl halides is 3. The van der Waals surface area contributed by atoms with Crippen molar-refractivity contribution in [1.82, 2.24) is 25.0 Å². The minimum Gasteiger partial charge on any atom is -0.382 e. The molecule has 0 radical (unpaired) electrons.